The number of amides is 1. The predicted octanol–water partition coefficient (Wildman–Crippen LogP) is 4.56. The summed E-state index contributed by atoms with van der Waals surface area (Å²) in [4.78, 5) is 18.1. The van der Waals surface area contributed by atoms with Crippen molar-refractivity contribution in [2.45, 2.75) is 11.3 Å². The van der Waals surface area contributed by atoms with Crippen LogP contribution in [0.2, 0.25) is 0 Å². The summed E-state index contributed by atoms with van der Waals surface area (Å²) < 4.78 is 47.9. The Balaban J connectivity index is 1.69. The molecule has 10 nitrogen and oxygen atoms in total. The molecule has 39 heavy (non-hydrogen) atoms. The van der Waals surface area contributed by atoms with Crippen LogP contribution >= 0.6 is 11.3 Å². The van der Waals surface area contributed by atoms with E-state index in [1.54, 1.807) is 49.6 Å². The maximum absolute atomic E-state index is 13.4. The minimum Gasteiger partial charge on any atom is -0.497 e. The lowest BCUT2D eigenvalue weighted by atomic mass is 10.2. The molecule has 0 saturated carbocycles. The van der Waals surface area contributed by atoms with Crippen molar-refractivity contribution in [3.63, 3.8) is 0 Å². The number of hydrogen-bond acceptors (Lipinski definition) is 10. The van der Waals surface area contributed by atoms with E-state index in [1.807, 2.05) is 6.07 Å². The third kappa shape index (κ3) is 6.29. The van der Waals surface area contributed by atoms with Crippen LogP contribution in [-0.4, -0.2) is 59.7 Å². The molecule has 1 aromatic heterocycles. The fourth-order valence-electron chi connectivity index (χ4n) is 3.70. The lowest BCUT2D eigenvalue weighted by molar-refractivity contribution is -0.118. The molecule has 0 spiro atoms. The number of sulfone groups is 1. The van der Waals surface area contributed by atoms with Gasteiger partial charge in [-0.2, -0.15) is 10.1 Å². The number of rotatable bonds is 11. The van der Waals surface area contributed by atoms with Crippen molar-refractivity contribution in [3.05, 3.63) is 66.2 Å². The highest BCUT2D eigenvalue weighted by Gasteiger charge is 2.23. The topological polar surface area (TPSA) is 117 Å². The van der Waals surface area contributed by atoms with Gasteiger partial charge in [-0.05, 0) is 42.5 Å². The number of hydrogen-bond donors (Lipinski definition) is 0. The Morgan fingerprint density at radius 1 is 0.949 bits per heavy atom. The first kappa shape index (κ1) is 27.9. The van der Waals surface area contributed by atoms with Crippen molar-refractivity contribution in [1.82, 2.24) is 4.98 Å². The fourth-order valence-corrected chi connectivity index (χ4v) is 5.92. The van der Waals surface area contributed by atoms with Gasteiger partial charge in [0.2, 0.25) is 10.9 Å². The molecule has 0 aliphatic rings. The van der Waals surface area contributed by atoms with Gasteiger partial charge in [-0.25, -0.2) is 13.4 Å². The summed E-state index contributed by atoms with van der Waals surface area (Å²) in [6.07, 6.45) is 1.14. The average molecular weight is 570 g/mol. The van der Waals surface area contributed by atoms with Crippen LogP contribution in [0.1, 0.15) is 12.0 Å². The second kappa shape index (κ2) is 12.1. The molecule has 1 amide bonds. The van der Waals surface area contributed by atoms with Gasteiger partial charge in [-0.15, -0.1) is 0 Å². The van der Waals surface area contributed by atoms with Crippen molar-refractivity contribution < 1.29 is 32.2 Å². The molecule has 12 heteroatoms. The van der Waals surface area contributed by atoms with Gasteiger partial charge in [0.1, 0.15) is 5.75 Å². The van der Waals surface area contributed by atoms with Crippen LogP contribution < -0.4 is 24.0 Å². The first-order valence-electron chi connectivity index (χ1n) is 11.7. The minimum atomic E-state index is -3.68. The highest BCUT2D eigenvalue weighted by molar-refractivity contribution is 7.91. The molecular formula is C27H27N3O7S2. The average Bonchev–Trinajstić information content (AvgIpc) is 3.38. The highest BCUT2D eigenvalue weighted by Crippen LogP contribution is 2.38. The van der Waals surface area contributed by atoms with E-state index in [1.165, 1.54) is 51.0 Å². The zero-order valence-corrected chi connectivity index (χ0v) is 23.4. The zero-order valence-electron chi connectivity index (χ0n) is 21.8. The van der Waals surface area contributed by atoms with Crippen molar-refractivity contribution in [3.8, 4) is 23.0 Å². The third-order valence-corrected chi connectivity index (χ3v) is 8.42. The van der Waals surface area contributed by atoms with E-state index < -0.39 is 15.7 Å². The number of nitrogens with zero attached hydrogens (tertiary/aromatic N) is 3. The first-order valence-corrected chi connectivity index (χ1v) is 14.2. The van der Waals surface area contributed by atoms with Gasteiger partial charge < -0.3 is 18.9 Å². The van der Waals surface area contributed by atoms with Gasteiger partial charge in [0.15, 0.2) is 21.3 Å². The maximum atomic E-state index is 13.4. The van der Waals surface area contributed by atoms with E-state index in [0.717, 1.165) is 9.71 Å². The van der Waals surface area contributed by atoms with Crippen molar-refractivity contribution >= 4 is 48.6 Å². The molecule has 4 aromatic rings. The molecular weight excluding hydrogens is 542 g/mol. The normalized spacial score (nSPS) is 11.5. The summed E-state index contributed by atoms with van der Waals surface area (Å²) in [6.45, 7) is 0. The Bertz CT molecular complexity index is 1580. The predicted molar refractivity (Wildman–Crippen MR) is 150 cm³/mol. The molecule has 0 bridgehead atoms. The number of carbonyl (C=O) groups is 1. The second-order valence-corrected chi connectivity index (χ2v) is 11.2. The Hall–Kier alpha value is -4.16. The quantitative estimate of drug-likeness (QED) is 0.191. The summed E-state index contributed by atoms with van der Waals surface area (Å²) in [5.74, 6) is 0.963. The Morgan fingerprint density at radius 3 is 2.26 bits per heavy atom. The third-order valence-electron chi connectivity index (χ3n) is 5.70. The Kier molecular flexibility index (Phi) is 8.67. The van der Waals surface area contributed by atoms with Crippen molar-refractivity contribution in [1.29, 1.82) is 0 Å². The molecule has 0 fully saturated rings. The standard InChI is InChI=1S/C27H27N3O7S2/c1-34-19-10-11-21-24(16-19)38-27(29-21)30(25(31)12-13-39(32,33)20-8-6-5-7-9-20)28-17-18-14-22(35-2)26(37-4)23(15-18)36-3/h5-11,14-17H,12-13H2,1-4H3/b28-17+. The van der Waals surface area contributed by atoms with Gasteiger partial charge in [-0.1, -0.05) is 29.5 Å². The number of fused-ring (bicyclic) bond motifs is 1. The molecule has 0 aliphatic carbocycles. The van der Waals surface area contributed by atoms with E-state index in [2.05, 4.69) is 10.1 Å². The molecule has 0 unspecified atom stereocenters. The van der Waals surface area contributed by atoms with Crippen molar-refractivity contribution in [2.75, 3.05) is 39.2 Å². The van der Waals surface area contributed by atoms with Gasteiger partial charge in [0.05, 0.1) is 55.5 Å². The smallest absolute Gasteiger partial charge is 0.250 e. The lowest BCUT2D eigenvalue weighted by Crippen LogP contribution is -2.27. The zero-order chi connectivity index (χ0) is 28.0. The summed E-state index contributed by atoms with van der Waals surface area (Å²) in [5.41, 5.74) is 1.20. The summed E-state index contributed by atoms with van der Waals surface area (Å²) >= 11 is 1.23. The van der Waals surface area contributed by atoms with Crippen molar-refractivity contribution in [2.24, 2.45) is 5.10 Å². The van der Waals surface area contributed by atoms with E-state index >= 15 is 0 Å². The number of methoxy groups -OCH3 is 4. The molecule has 204 valence electrons. The molecule has 0 atom stereocenters. The van der Waals surface area contributed by atoms with E-state index in [4.69, 9.17) is 18.9 Å². The monoisotopic (exact) mass is 569 g/mol. The van der Waals surface area contributed by atoms with Gasteiger partial charge in [0.25, 0.3) is 5.91 Å². The van der Waals surface area contributed by atoms with Crippen LogP contribution in [0.3, 0.4) is 0 Å². The van der Waals surface area contributed by atoms with Gasteiger partial charge in [0, 0.05) is 12.0 Å². The minimum absolute atomic E-state index is 0.150. The SMILES string of the molecule is COc1ccc2nc(N(/N=C/c3cc(OC)c(OC)c(OC)c3)C(=O)CCS(=O)(=O)c3ccccc3)sc2c1. The molecule has 3 aromatic carbocycles. The second-order valence-electron chi connectivity index (χ2n) is 8.12. The van der Waals surface area contributed by atoms with Gasteiger partial charge >= 0.3 is 0 Å². The summed E-state index contributed by atoms with van der Waals surface area (Å²) in [7, 11) is 2.38. The molecule has 4 rings (SSSR count). The fraction of sp³-hybridized carbons (Fsp3) is 0.222. The number of anilines is 1. The molecule has 0 radical (unpaired) electrons. The van der Waals surface area contributed by atoms with Crippen LogP contribution in [-0.2, 0) is 14.6 Å². The number of hydrazone groups is 1. The van der Waals surface area contributed by atoms with Crippen LogP contribution in [0.15, 0.2) is 70.7 Å². The molecule has 0 N–H and O–H groups in total. The Labute approximate surface area is 230 Å². The first-order chi connectivity index (χ1) is 18.8. The number of ether oxygens (including phenoxy) is 4. The van der Waals surface area contributed by atoms with E-state index in [9.17, 15) is 13.2 Å². The largest absolute Gasteiger partial charge is 0.497 e. The van der Waals surface area contributed by atoms with Gasteiger partial charge in [-0.3, -0.25) is 4.79 Å². The number of benzene rings is 3. The summed E-state index contributed by atoms with van der Waals surface area (Å²) in [5, 5.41) is 5.80. The molecule has 0 aliphatic heterocycles. The van der Waals surface area contributed by atoms with Crippen LogP contribution in [0.25, 0.3) is 10.2 Å². The van der Waals surface area contributed by atoms with Crippen LogP contribution in [0, 0.1) is 0 Å². The number of carbonyl (C=O) groups excluding carboxylic acids is 1. The Morgan fingerprint density at radius 2 is 1.64 bits per heavy atom. The van der Waals surface area contributed by atoms with Crippen LogP contribution in [0.4, 0.5) is 5.13 Å². The molecule has 0 saturated heterocycles. The van der Waals surface area contributed by atoms with E-state index in [0.29, 0.717) is 34.1 Å². The lowest BCUT2D eigenvalue weighted by Gasteiger charge is -2.15. The maximum Gasteiger partial charge on any atom is 0.250 e. The molecule has 1 heterocycles. The summed E-state index contributed by atoms with van der Waals surface area (Å²) in [6, 6.07) is 16.7. The highest BCUT2D eigenvalue weighted by atomic mass is 32.2. The van der Waals surface area contributed by atoms with E-state index in [-0.39, 0.29) is 22.2 Å². The van der Waals surface area contributed by atoms with Crippen LogP contribution in [0.5, 0.6) is 23.0 Å². The number of aromatic nitrogens is 1. The number of thiazole rings is 1.